The van der Waals surface area contributed by atoms with E-state index in [4.69, 9.17) is 5.11 Å². The minimum atomic E-state index is 0. The van der Waals surface area contributed by atoms with Crippen LogP contribution in [-0.2, 0) is 0 Å². The van der Waals surface area contributed by atoms with Gasteiger partial charge in [0.1, 0.15) is 0 Å². The van der Waals surface area contributed by atoms with Crippen molar-refractivity contribution in [1.29, 1.82) is 0 Å². The molecule has 0 saturated carbocycles. The molecule has 0 aromatic heterocycles. The topological polar surface area (TPSA) is 20.2 Å². The largest absolute Gasteiger partial charge is 0.396 e. The Kier molecular flexibility index (Phi) is 56.7. The van der Waals surface area contributed by atoms with E-state index in [-0.39, 0.29) is 50.9 Å². The first-order valence-corrected chi connectivity index (χ1v) is 2.52. The van der Waals surface area contributed by atoms with Gasteiger partial charge in [-0.2, -0.15) is 0 Å². The van der Waals surface area contributed by atoms with Crippen molar-refractivity contribution in [3.8, 4) is 0 Å². The molecular formula is C5H15Br3O. The van der Waals surface area contributed by atoms with Gasteiger partial charge >= 0.3 is 0 Å². The molecule has 0 heterocycles. The van der Waals surface area contributed by atoms with Crippen LogP contribution in [0.3, 0.4) is 0 Å². The third-order valence-corrected chi connectivity index (χ3v) is 0.762. The molecule has 0 fully saturated rings. The van der Waals surface area contributed by atoms with Crippen molar-refractivity contribution in [3.63, 3.8) is 0 Å². The smallest absolute Gasteiger partial charge is 0.0431 e. The van der Waals surface area contributed by atoms with Crippen LogP contribution in [0.5, 0.6) is 0 Å². The van der Waals surface area contributed by atoms with E-state index in [1.807, 2.05) is 0 Å². The van der Waals surface area contributed by atoms with E-state index in [1.165, 1.54) is 6.42 Å². The molecule has 4 heteroatoms. The van der Waals surface area contributed by atoms with Gasteiger partial charge in [-0.15, -0.1) is 50.9 Å². The Morgan fingerprint density at radius 3 is 1.56 bits per heavy atom. The van der Waals surface area contributed by atoms with Gasteiger partial charge in [0, 0.05) is 6.61 Å². The molecule has 62 valence electrons. The number of halogens is 3. The molecule has 0 bridgehead atoms. The highest BCUT2D eigenvalue weighted by Gasteiger charge is 1.76. The fourth-order valence-corrected chi connectivity index (χ4v) is 0.362. The van der Waals surface area contributed by atoms with Gasteiger partial charge in [0.25, 0.3) is 0 Å². The van der Waals surface area contributed by atoms with Gasteiger partial charge in [0.15, 0.2) is 0 Å². The zero-order valence-electron chi connectivity index (χ0n) is 5.50. The first kappa shape index (κ1) is 22.4. The molecule has 0 atom stereocenters. The Balaban J connectivity index is -0.0000000417. The van der Waals surface area contributed by atoms with Crippen LogP contribution < -0.4 is 0 Å². The van der Waals surface area contributed by atoms with Crippen molar-refractivity contribution >= 4 is 50.9 Å². The first-order valence-electron chi connectivity index (χ1n) is 2.52. The molecule has 0 spiro atoms. The Morgan fingerprint density at radius 2 is 1.44 bits per heavy atom. The lowest BCUT2D eigenvalue weighted by Gasteiger charge is -1.85. The maximum Gasteiger partial charge on any atom is 0.0431 e. The van der Waals surface area contributed by atoms with E-state index < -0.39 is 0 Å². The van der Waals surface area contributed by atoms with E-state index in [9.17, 15) is 0 Å². The van der Waals surface area contributed by atoms with Crippen molar-refractivity contribution in [3.05, 3.63) is 0 Å². The molecule has 1 nitrogen and oxygen atoms in total. The predicted octanol–water partition coefficient (Wildman–Crippen LogP) is 2.90. The van der Waals surface area contributed by atoms with Gasteiger partial charge in [0.05, 0.1) is 0 Å². The average Bonchev–Trinajstić information content (AvgIpc) is 1.61. The molecule has 1 N–H and O–H groups in total. The Morgan fingerprint density at radius 1 is 1.00 bits per heavy atom. The highest BCUT2D eigenvalue weighted by molar-refractivity contribution is 8.93. The molecule has 0 amide bonds. The van der Waals surface area contributed by atoms with Crippen LogP contribution in [0, 0.1) is 0 Å². The van der Waals surface area contributed by atoms with E-state index >= 15 is 0 Å². The lowest BCUT2D eigenvalue weighted by molar-refractivity contribution is 0.284. The molecule has 0 aliphatic heterocycles. The lowest BCUT2D eigenvalue weighted by atomic mass is 10.3. The van der Waals surface area contributed by atoms with Gasteiger partial charge in [-0.1, -0.05) is 19.8 Å². The average molecular weight is 331 g/mol. The molecule has 9 heavy (non-hydrogen) atoms. The first-order chi connectivity index (χ1) is 2.91. The number of aliphatic hydroxyl groups is 1. The maximum absolute atomic E-state index is 8.20. The normalized spacial score (nSPS) is 6.00. The molecule has 0 rings (SSSR count). The Hall–Kier alpha value is 1.40. The number of rotatable bonds is 3. The van der Waals surface area contributed by atoms with Crippen LogP contribution in [-0.4, -0.2) is 11.7 Å². The highest BCUT2D eigenvalue weighted by Crippen LogP contribution is 1.89. The van der Waals surface area contributed by atoms with Crippen LogP contribution in [0.25, 0.3) is 0 Å². The van der Waals surface area contributed by atoms with Crippen LogP contribution in [0.4, 0.5) is 0 Å². The second-order valence-electron chi connectivity index (χ2n) is 1.43. The number of hydrogen-bond acceptors (Lipinski definition) is 1. The summed E-state index contributed by atoms with van der Waals surface area (Å²) in [5.74, 6) is 0. The van der Waals surface area contributed by atoms with E-state index in [0.717, 1.165) is 12.8 Å². The fraction of sp³-hybridized carbons (Fsp3) is 1.00. The second kappa shape index (κ2) is 22.7. The molecule has 0 radical (unpaired) electrons. The molecular weight excluding hydrogens is 316 g/mol. The number of hydrogen-bond donors (Lipinski definition) is 1. The summed E-state index contributed by atoms with van der Waals surface area (Å²) in [5.41, 5.74) is 0. The summed E-state index contributed by atoms with van der Waals surface area (Å²) >= 11 is 0. The minimum absolute atomic E-state index is 0. The zero-order chi connectivity index (χ0) is 4.83. The fourth-order valence-electron chi connectivity index (χ4n) is 0.362. The zero-order valence-corrected chi connectivity index (χ0v) is 10.6. The van der Waals surface area contributed by atoms with Crippen LogP contribution in [0.15, 0.2) is 0 Å². The molecule has 0 aliphatic rings. The maximum atomic E-state index is 8.20. The summed E-state index contributed by atoms with van der Waals surface area (Å²) in [6, 6.07) is 0. The predicted molar refractivity (Wildman–Crippen MR) is 57.6 cm³/mol. The van der Waals surface area contributed by atoms with E-state index in [0.29, 0.717) is 6.61 Å². The van der Waals surface area contributed by atoms with Crippen molar-refractivity contribution in [2.24, 2.45) is 0 Å². The molecule has 0 aromatic carbocycles. The monoisotopic (exact) mass is 328 g/mol. The van der Waals surface area contributed by atoms with Gasteiger partial charge in [-0.25, -0.2) is 0 Å². The van der Waals surface area contributed by atoms with Crippen molar-refractivity contribution in [2.45, 2.75) is 26.2 Å². The summed E-state index contributed by atoms with van der Waals surface area (Å²) in [7, 11) is 0. The lowest BCUT2D eigenvalue weighted by Crippen LogP contribution is -1.78. The Labute approximate surface area is 88.5 Å². The third-order valence-electron chi connectivity index (χ3n) is 0.762. The van der Waals surface area contributed by atoms with Gasteiger partial charge in [-0.05, 0) is 6.42 Å². The highest BCUT2D eigenvalue weighted by atomic mass is 79.9. The SMILES string of the molecule is Br.Br.Br.CCCCCO. The third kappa shape index (κ3) is 26.6. The summed E-state index contributed by atoms with van der Waals surface area (Å²) < 4.78 is 0. The standard InChI is InChI=1S/C5H12O.3BrH/c1-2-3-4-5-6;;;/h6H,2-5H2,1H3;3*1H. The van der Waals surface area contributed by atoms with E-state index in [1.54, 1.807) is 0 Å². The quantitative estimate of drug-likeness (QED) is 0.789. The van der Waals surface area contributed by atoms with Gasteiger partial charge < -0.3 is 5.11 Å². The van der Waals surface area contributed by atoms with Gasteiger partial charge in [-0.3, -0.25) is 0 Å². The number of aliphatic hydroxyl groups excluding tert-OH is 1. The van der Waals surface area contributed by atoms with Crippen LogP contribution in [0.2, 0.25) is 0 Å². The summed E-state index contributed by atoms with van der Waals surface area (Å²) in [6.45, 7) is 2.48. The summed E-state index contributed by atoms with van der Waals surface area (Å²) in [4.78, 5) is 0. The van der Waals surface area contributed by atoms with E-state index in [2.05, 4.69) is 6.92 Å². The molecule has 0 aromatic rings. The molecule has 0 unspecified atom stereocenters. The molecule has 0 aliphatic carbocycles. The van der Waals surface area contributed by atoms with Crippen molar-refractivity contribution in [1.82, 2.24) is 0 Å². The van der Waals surface area contributed by atoms with Crippen molar-refractivity contribution in [2.75, 3.05) is 6.61 Å². The Bertz CT molecular complexity index is 24.2. The van der Waals surface area contributed by atoms with Crippen LogP contribution >= 0.6 is 50.9 Å². The summed E-state index contributed by atoms with van der Waals surface area (Å²) in [5, 5.41) is 8.20. The number of unbranched alkanes of at least 4 members (excludes halogenated alkanes) is 2. The second-order valence-corrected chi connectivity index (χ2v) is 1.43. The van der Waals surface area contributed by atoms with Crippen molar-refractivity contribution < 1.29 is 5.11 Å². The van der Waals surface area contributed by atoms with Crippen LogP contribution in [0.1, 0.15) is 26.2 Å². The minimum Gasteiger partial charge on any atom is -0.396 e. The molecule has 0 saturated heterocycles. The van der Waals surface area contributed by atoms with Gasteiger partial charge in [0.2, 0.25) is 0 Å². The summed E-state index contributed by atoms with van der Waals surface area (Å²) in [6.07, 6.45) is 3.33.